The molecule has 0 aromatic heterocycles. The quantitative estimate of drug-likeness (QED) is 0.784. The van der Waals surface area contributed by atoms with E-state index in [0.29, 0.717) is 23.7 Å². The summed E-state index contributed by atoms with van der Waals surface area (Å²) in [6, 6.07) is 12.6. The number of nitrogens with zero attached hydrogens (tertiary/aromatic N) is 2. The third-order valence-corrected chi connectivity index (χ3v) is 5.19. The van der Waals surface area contributed by atoms with Crippen LogP contribution in [0, 0.1) is 12.7 Å². The Labute approximate surface area is 165 Å². The van der Waals surface area contributed by atoms with E-state index in [-0.39, 0.29) is 12.4 Å². The number of halogens is 2. The highest BCUT2D eigenvalue weighted by atomic mass is 35.5. The molecule has 2 aromatic carbocycles. The molecule has 0 amide bonds. The molecule has 0 saturated carbocycles. The van der Waals surface area contributed by atoms with Crippen molar-refractivity contribution in [3.8, 4) is 5.75 Å². The molecule has 0 radical (unpaired) electrons. The maximum atomic E-state index is 13.9. The van der Waals surface area contributed by atoms with Gasteiger partial charge in [-0.2, -0.15) is 0 Å². The summed E-state index contributed by atoms with van der Waals surface area (Å²) in [5.41, 5.74) is 1.73. The molecule has 146 valence electrons. The molecule has 1 unspecified atom stereocenters. The molecule has 0 aliphatic carbocycles. The van der Waals surface area contributed by atoms with E-state index in [1.54, 1.807) is 12.1 Å². The van der Waals surface area contributed by atoms with Crippen LogP contribution in [-0.4, -0.2) is 60.3 Å². The summed E-state index contributed by atoms with van der Waals surface area (Å²) in [6.45, 7) is 6.67. The Balaban J connectivity index is 1.40. The van der Waals surface area contributed by atoms with Crippen LogP contribution in [0.25, 0.3) is 0 Å². The highest BCUT2D eigenvalue weighted by Crippen LogP contribution is 2.21. The molecule has 1 heterocycles. The lowest BCUT2D eigenvalue weighted by molar-refractivity contribution is 0.0444. The van der Waals surface area contributed by atoms with Gasteiger partial charge in [-0.3, -0.25) is 9.80 Å². The summed E-state index contributed by atoms with van der Waals surface area (Å²) in [5, 5.41) is 10.7. The largest absolute Gasteiger partial charge is 0.491 e. The van der Waals surface area contributed by atoms with Crippen molar-refractivity contribution in [2.45, 2.75) is 19.6 Å². The molecule has 1 aliphatic rings. The average molecular weight is 393 g/mol. The third kappa shape index (κ3) is 5.91. The highest BCUT2D eigenvalue weighted by Gasteiger charge is 2.21. The zero-order chi connectivity index (χ0) is 19.2. The van der Waals surface area contributed by atoms with Gasteiger partial charge in [-0.25, -0.2) is 4.39 Å². The van der Waals surface area contributed by atoms with Gasteiger partial charge in [0.25, 0.3) is 0 Å². The maximum absolute atomic E-state index is 13.9. The van der Waals surface area contributed by atoms with Crippen molar-refractivity contribution < 1.29 is 14.2 Å². The molecule has 1 fully saturated rings. The van der Waals surface area contributed by atoms with Crippen LogP contribution in [0.1, 0.15) is 11.1 Å². The Kier molecular flexibility index (Phi) is 7.07. The Morgan fingerprint density at radius 1 is 1.07 bits per heavy atom. The van der Waals surface area contributed by atoms with Crippen LogP contribution in [0.15, 0.2) is 42.5 Å². The van der Waals surface area contributed by atoms with Crippen molar-refractivity contribution in [2.75, 3.05) is 39.3 Å². The van der Waals surface area contributed by atoms with E-state index < -0.39 is 6.10 Å². The number of piperazine rings is 1. The standard InChI is InChI=1S/C21H26ClFN2O2/c1-16-5-7-18(8-6-16)27-15-17(26)13-24-9-11-25(12-10-24)14-19-20(22)3-2-4-21(19)23/h2-8,17,26H,9-15H2,1H3. The zero-order valence-corrected chi connectivity index (χ0v) is 16.3. The summed E-state index contributed by atoms with van der Waals surface area (Å²) in [5.74, 6) is 0.514. The first kappa shape index (κ1) is 20.1. The van der Waals surface area contributed by atoms with E-state index >= 15 is 0 Å². The van der Waals surface area contributed by atoms with Crippen molar-refractivity contribution in [1.82, 2.24) is 9.80 Å². The third-order valence-electron chi connectivity index (χ3n) is 4.84. The average Bonchev–Trinajstić information content (AvgIpc) is 2.66. The Morgan fingerprint density at radius 3 is 2.41 bits per heavy atom. The van der Waals surface area contributed by atoms with Gasteiger partial charge in [-0.1, -0.05) is 35.4 Å². The SMILES string of the molecule is Cc1ccc(OCC(O)CN2CCN(Cc3c(F)cccc3Cl)CC2)cc1. The van der Waals surface area contributed by atoms with Crippen molar-refractivity contribution >= 4 is 11.6 Å². The topological polar surface area (TPSA) is 35.9 Å². The molecular formula is C21H26ClFN2O2. The first-order chi connectivity index (χ1) is 13.0. The number of benzene rings is 2. The van der Waals surface area contributed by atoms with Crippen LogP contribution < -0.4 is 4.74 Å². The van der Waals surface area contributed by atoms with E-state index in [9.17, 15) is 9.50 Å². The number of hydrogen-bond acceptors (Lipinski definition) is 4. The second kappa shape index (κ2) is 9.51. The minimum absolute atomic E-state index is 0.256. The van der Waals surface area contributed by atoms with Crippen LogP contribution in [0.4, 0.5) is 4.39 Å². The second-order valence-corrected chi connectivity index (χ2v) is 7.46. The van der Waals surface area contributed by atoms with Crippen LogP contribution in [0.5, 0.6) is 5.75 Å². The molecule has 0 bridgehead atoms. The molecule has 2 aromatic rings. The zero-order valence-electron chi connectivity index (χ0n) is 15.6. The second-order valence-electron chi connectivity index (χ2n) is 7.05. The first-order valence-electron chi connectivity index (χ1n) is 9.26. The van der Waals surface area contributed by atoms with Crippen molar-refractivity contribution in [1.29, 1.82) is 0 Å². The monoisotopic (exact) mass is 392 g/mol. The first-order valence-corrected chi connectivity index (χ1v) is 9.64. The minimum atomic E-state index is -0.543. The van der Waals surface area contributed by atoms with Crippen molar-refractivity contribution in [2.24, 2.45) is 0 Å². The van der Waals surface area contributed by atoms with Crippen LogP contribution >= 0.6 is 11.6 Å². The summed E-state index contributed by atoms with van der Waals surface area (Å²) in [7, 11) is 0. The van der Waals surface area contributed by atoms with Gasteiger partial charge in [0.2, 0.25) is 0 Å². The van der Waals surface area contributed by atoms with E-state index in [2.05, 4.69) is 9.80 Å². The van der Waals surface area contributed by atoms with Gasteiger partial charge < -0.3 is 9.84 Å². The van der Waals surface area contributed by atoms with E-state index in [4.69, 9.17) is 16.3 Å². The number of aliphatic hydroxyl groups is 1. The molecule has 1 N–H and O–H groups in total. The molecule has 0 spiro atoms. The minimum Gasteiger partial charge on any atom is -0.491 e. The fourth-order valence-corrected chi connectivity index (χ4v) is 3.44. The number of aliphatic hydroxyl groups excluding tert-OH is 1. The molecule has 6 heteroatoms. The number of hydrogen-bond donors (Lipinski definition) is 1. The number of ether oxygens (including phenoxy) is 1. The lowest BCUT2D eigenvalue weighted by Crippen LogP contribution is -2.48. The lowest BCUT2D eigenvalue weighted by atomic mass is 10.1. The normalized spacial score (nSPS) is 17.0. The van der Waals surface area contributed by atoms with Crippen LogP contribution in [0.2, 0.25) is 5.02 Å². The number of aryl methyl sites for hydroxylation is 1. The smallest absolute Gasteiger partial charge is 0.129 e. The van der Waals surface area contributed by atoms with Crippen LogP contribution in [-0.2, 0) is 6.54 Å². The molecule has 27 heavy (non-hydrogen) atoms. The Hall–Kier alpha value is -1.66. The molecule has 1 aliphatic heterocycles. The summed E-state index contributed by atoms with van der Waals surface area (Å²) < 4.78 is 19.6. The maximum Gasteiger partial charge on any atom is 0.129 e. The summed E-state index contributed by atoms with van der Waals surface area (Å²) in [4.78, 5) is 4.40. The van der Waals surface area contributed by atoms with Gasteiger partial charge in [0.05, 0.1) is 0 Å². The molecule has 3 rings (SSSR count). The van der Waals surface area contributed by atoms with Crippen molar-refractivity contribution in [3.63, 3.8) is 0 Å². The Morgan fingerprint density at radius 2 is 1.74 bits per heavy atom. The fraction of sp³-hybridized carbons (Fsp3) is 0.429. The van der Waals surface area contributed by atoms with Gasteiger partial charge in [0.1, 0.15) is 24.3 Å². The number of rotatable bonds is 7. The van der Waals surface area contributed by atoms with Gasteiger partial charge >= 0.3 is 0 Å². The van der Waals surface area contributed by atoms with E-state index in [0.717, 1.165) is 31.9 Å². The van der Waals surface area contributed by atoms with Gasteiger partial charge in [-0.15, -0.1) is 0 Å². The van der Waals surface area contributed by atoms with Gasteiger partial charge in [0.15, 0.2) is 0 Å². The summed E-state index contributed by atoms with van der Waals surface area (Å²) >= 11 is 6.12. The van der Waals surface area contributed by atoms with E-state index in [1.807, 2.05) is 31.2 Å². The van der Waals surface area contributed by atoms with Gasteiger partial charge in [0, 0.05) is 49.9 Å². The van der Waals surface area contributed by atoms with E-state index in [1.165, 1.54) is 11.6 Å². The van der Waals surface area contributed by atoms with Crippen molar-refractivity contribution in [3.05, 3.63) is 64.4 Å². The summed E-state index contributed by atoms with van der Waals surface area (Å²) in [6.07, 6.45) is -0.543. The van der Waals surface area contributed by atoms with Crippen LogP contribution in [0.3, 0.4) is 0 Å². The predicted molar refractivity (Wildman–Crippen MR) is 106 cm³/mol. The van der Waals surface area contributed by atoms with Gasteiger partial charge in [-0.05, 0) is 31.2 Å². The molecular weight excluding hydrogens is 367 g/mol. The molecule has 4 nitrogen and oxygen atoms in total. The fourth-order valence-electron chi connectivity index (χ4n) is 3.21. The molecule has 1 saturated heterocycles. The highest BCUT2D eigenvalue weighted by molar-refractivity contribution is 6.31. The Bertz CT molecular complexity index is 713. The molecule has 1 atom stereocenters. The number of β-amino-alcohol motifs (C(OH)–C–C–N with tert-alkyl or cyclic N) is 1. The lowest BCUT2D eigenvalue weighted by Gasteiger charge is -2.35. The predicted octanol–water partition coefficient (Wildman–Crippen LogP) is 3.35.